The van der Waals surface area contributed by atoms with Gasteiger partial charge in [-0.15, -0.1) is 0 Å². The Morgan fingerprint density at radius 3 is 2.44 bits per heavy atom. The molecule has 8 heteroatoms. The van der Waals surface area contributed by atoms with Gasteiger partial charge in [0.1, 0.15) is 5.69 Å². The molecule has 0 fully saturated rings. The number of nitrogens with one attached hydrogen (secondary N) is 1. The molecule has 0 aliphatic heterocycles. The lowest BCUT2D eigenvalue weighted by Gasteiger charge is -2.07. The van der Waals surface area contributed by atoms with Crippen molar-refractivity contribution in [1.82, 2.24) is 9.78 Å². The standard InChI is InChI=1S/C26H24N4O4/c1-15-11-12-20(13-16(15)2)30-25(32)23(17(3)27-30)29(4)28-22-10-6-9-21(24(22)31)18-7-5-8-19(14-18)26(33)34/h5-14H,1-4H3,(H2,27,32,33,34)/p+1. The maximum atomic E-state index is 13.2. The smallest absolute Gasteiger partial charge is 0.346 e. The number of phenols is 1. The second kappa shape index (κ2) is 8.82. The van der Waals surface area contributed by atoms with Crippen LogP contribution in [0, 0.1) is 20.8 Å². The number of nitrogens with zero attached hydrogens (tertiary/aromatic N) is 3. The van der Waals surface area contributed by atoms with E-state index in [1.54, 1.807) is 44.3 Å². The molecule has 0 radical (unpaired) electrons. The number of phenolic OH excluding ortho intramolecular Hbond substituents is 1. The van der Waals surface area contributed by atoms with Crippen molar-refractivity contribution in [2.24, 2.45) is 5.11 Å². The third kappa shape index (κ3) is 4.13. The van der Waals surface area contributed by atoms with Gasteiger partial charge in [0.2, 0.25) is 0 Å². The number of aromatic nitrogens is 2. The van der Waals surface area contributed by atoms with E-state index in [1.807, 2.05) is 32.0 Å². The highest BCUT2D eigenvalue weighted by Crippen LogP contribution is 2.37. The van der Waals surface area contributed by atoms with E-state index in [0.29, 0.717) is 22.5 Å². The number of para-hydroxylation sites is 1. The Morgan fingerprint density at radius 2 is 1.74 bits per heavy atom. The van der Waals surface area contributed by atoms with Crippen LogP contribution in [0.4, 0.5) is 11.4 Å². The van der Waals surface area contributed by atoms with E-state index in [2.05, 4.69) is 10.2 Å². The van der Waals surface area contributed by atoms with Crippen LogP contribution in [0.15, 0.2) is 70.6 Å². The van der Waals surface area contributed by atoms with E-state index in [9.17, 15) is 19.8 Å². The number of aryl methyl sites for hydroxylation is 3. The minimum Gasteiger partial charge on any atom is -0.505 e. The third-order valence-electron chi connectivity index (χ3n) is 5.81. The van der Waals surface area contributed by atoms with Gasteiger partial charge in [-0.2, -0.15) is 0 Å². The number of carboxylic acids is 1. The fraction of sp³-hybridized carbons (Fsp3) is 0.154. The molecule has 0 aliphatic carbocycles. The van der Waals surface area contributed by atoms with E-state index in [4.69, 9.17) is 0 Å². The highest BCUT2D eigenvalue weighted by molar-refractivity contribution is 5.90. The summed E-state index contributed by atoms with van der Waals surface area (Å²) in [6.07, 6.45) is 0. The monoisotopic (exact) mass is 457 g/mol. The van der Waals surface area contributed by atoms with Gasteiger partial charge >= 0.3 is 17.2 Å². The van der Waals surface area contributed by atoms with Gasteiger partial charge in [-0.3, -0.25) is 9.89 Å². The van der Waals surface area contributed by atoms with Crippen LogP contribution >= 0.6 is 0 Å². The van der Waals surface area contributed by atoms with E-state index >= 15 is 0 Å². The molecule has 0 saturated carbocycles. The van der Waals surface area contributed by atoms with E-state index < -0.39 is 5.97 Å². The first-order valence-corrected chi connectivity index (χ1v) is 10.7. The zero-order valence-corrected chi connectivity index (χ0v) is 19.3. The molecular weight excluding hydrogens is 432 g/mol. The molecule has 1 heterocycles. The van der Waals surface area contributed by atoms with Crippen LogP contribution < -0.4 is 5.56 Å². The Morgan fingerprint density at radius 1 is 1.00 bits per heavy atom. The molecule has 0 atom stereocenters. The summed E-state index contributed by atoms with van der Waals surface area (Å²) >= 11 is 0. The number of azo groups is 2. The summed E-state index contributed by atoms with van der Waals surface area (Å²) in [5, 5.41) is 27.7. The van der Waals surface area contributed by atoms with Gasteiger partial charge in [-0.25, -0.2) is 9.48 Å². The van der Waals surface area contributed by atoms with Crippen molar-refractivity contribution in [3.05, 3.63) is 93.4 Å². The number of hydrogen-bond donors (Lipinski definition) is 3. The number of benzene rings is 3. The normalized spacial score (nSPS) is 11.6. The minimum atomic E-state index is -1.05. The number of hydrogen-bond acceptors (Lipinski definition) is 4. The van der Waals surface area contributed by atoms with Crippen LogP contribution in [0.3, 0.4) is 0 Å². The number of aromatic amines is 1. The van der Waals surface area contributed by atoms with Crippen LogP contribution in [0.5, 0.6) is 5.75 Å². The maximum absolute atomic E-state index is 13.2. The molecule has 0 saturated heterocycles. The number of aromatic carboxylic acids is 1. The van der Waals surface area contributed by atoms with Gasteiger partial charge < -0.3 is 10.2 Å². The fourth-order valence-electron chi connectivity index (χ4n) is 3.84. The third-order valence-corrected chi connectivity index (χ3v) is 5.81. The summed E-state index contributed by atoms with van der Waals surface area (Å²) in [5.74, 6) is -1.16. The van der Waals surface area contributed by atoms with Gasteiger partial charge in [-0.1, -0.05) is 35.0 Å². The highest BCUT2D eigenvalue weighted by Gasteiger charge is 2.23. The molecule has 1 aromatic heterocycles. The lowest BCUT2D eigenvalue weighted by atomic mass is 10.0. The summed E-state index contributed by atoms with van der Waals surface area (Å²) in [5.41, 5.74) is 4.99. The molecule has 3 aromatic carbocycles. The summed E-state index contributed by atoms with van der Waals surface area (Å²) in [4.78, 5) is 24.5. The zero-order chi connectivity index (χ0) is 24.6. The van der Waals surface area contributed by atoms with Crippen molar-refractivity contribution in [3.8, 4) is 22.6 Å². The first-order valence-electron chi connectivity index (χ1n) is 10.7. The molecular formula is C26H25N4O4+. The van der Waals surface area contributed by atoms with Crippen LogP contribution in [-0.4, -0.2) is 37.7 Å². The SMILES string of the molecule is Cc1ccc(-n2[nH]c(C)c([N+](C)=Nc3cccc(-c4cccc(C(=O)O)c4)c3O)c2=O)cc1C. The average molecular weight is 458 g/mol. The molecule has 0 bridgehead atoms. The predicted octanol–water partition coefficient (Wildman–Crippen LogP) is 5.22. The lowest BCUT2D eigenvalue weighted by Crippen LogP contribution is -2.17. The molecule has 0 aliphatic rings. The summed E-state index contributed by atoms with van der Waals surface area (Å²) in [6, 6.07) is 17.1. The molecule has 3 N–H and O–H groups in total. The first kappa shape index (κ1) is 22.7. The molecule has 0 unspecified atom stereocenters. The molecule has 4 rings (SSSR count). The van der Waals surface area contributed by atoms with E-state index in [0.717, 1.165) is 16.8 Å². The Kier molecular flexibility index (Phi) is 5.89. The predicted molar refractivity (Wildman–Crippen MR) is 129 cm³/mol. The zero-order valence-electron chi connectivity index (χ0n) is 19.3. The molecule has 4 aromatic rings. The van der Waals surface area contributed by atoms with Gasteiger partial charge in [-0.05, 0) is 67.8 Å². The fourth-order valence-corrected chi connectivity index (χ4v) is 3.84. The second-order valence-corrected chi connectivity index (χ2v) is 8.18. The number of rotatable bonds is 5. The van der Waals surface area contributed by atoms with Gasteiger partial charge in [0.25, 0.3) is 0 Å². The Bertz CT molecular complexity index is 1510. The molecule has 172 valence electrons. The van der Waals surface area contributed by atoms with Gasteiger partial charge in [0.15, 0.2) is 18.5 Å². The topological polar surface area (TPSA) is 111 Å². The molecule has 0 amide bonds. The van der Waals surface area contributed by atoms with Crippen LogP contribution in [-0.2, 0) is 0 Å². The van der Waals surface area contributed by atoms with Crippen molar-refractivity contribution in [2.45, 2.75) is 20.8 Å². The lowest BCUT2D eigenvalue weighted by molar-refractivity contribution is -0.477. The van der Waals surface area contributed by atoms with Crippen LogP contribution in [0.2, 0.25) is 0 Å². The van der Waals surface area contributed by atoms with Crippen molar-refractivity contribution < 1.29 is 19.7 Å². The Labute approximate surface area is 196 Å². The number of aromatic hydroxyl groups is 1. The van der Waals surface area contributed by atoms with Crippen LogP contribution in [0.25, 0.3) is 16.8 Å². The van der Waals surface area contributed by atoms with Crippen LogP contribution in [0.1, 0.15) is 27.2 Å². The van der Waals surface area contributed by atoms with E-state index in [1.165, 1.54) is 21.5 Å². The van der Waals surface area contributed by atoms with Crippen molar-refractivity contribution in [3.63, 3.8) is 0 Å². The number of H-pyrrole nitrogens is 1. The average Bonchev–Trinajstić information content (AvgIpc) is 3.11. The first-order chi connectivity index (χ1) is 16.2. The van der Waals surface area contributed by atoms with Crippen molar-refractivity contribution >= 4 is 17.3 Å². The summed E-state index contributed by atoms with van der Waals surface area (Å²) < 4.78 is 2.90. The largest absolute Gasteiger partial charge is 0.505 e. The number of carboxylic acid groups (broad SMARTS) is 1. The summed E-state index contributed by atoms with van der Waals surface area (Å²) in [7, 11) is 1.64. The Hall–Kier alpha value is -4.46. The summed E-state index contributed by atoms with van der Waals surface area (Å²) in [6.45, 7) is 5.79. The second-order valence-electron chi connectivity index (χ2n) is 8.18. The highest BCUT2D eigenvalue weighted by atomic mass is 16.4. The van der Waals surface area contributed by atoms with E-state index in [-0.39, 0.29) is 22.6 Å². The quantitative estimate of drug-likeness (QED) is 0.282. The maximum Gasteiger partial charge on any atom is 0.346 e. The Balaban J connectivity index is 1.77. The molecule has 8 nitrogen and oxygen atoms in total. The molecule has 34 heavy (non-hydrogen) atoms. The van der Waals surface area contributed by atoms with Gasteiger partial charge in [0.05, 0.1) is 11.3 Å². The van der Waals surface area contributed by atoms with Crippen molar-refractivity contribution in [1.29, 1.82) is 0 Å². The minimum absolute atomic E-state index is 0.112. The van der Waals surface area contributed by atoms with Crippen molar-refractivity contribution in [2.75, 3.05) is 7.05 Å². The molecule has 0 spiro atoms. The number of carbonyl (C=O) groups is 1. The van der Waals surface area contributed by atoms with Gasteiger partial charge in [0, 0.05) is 10.7 Å².